The molecule has 0 spiro atoms. The van der Waals surface area contributed by atoms with Gasteiger partial charge in [-0.1, -0.05) is 109 Å². The summed E-state index contributed by atoms with van der Waals surface area (Å²) in [5.41, 5.74) is -3.27. The Balaban J connectivity index is 2.04. The standard InChI is InChI=1S/C29H21FO4S/c30-29(35(33,34)24-19-11-4-12-20-24)25(21-13-5-1-6-14-21)26(27(31)22-15-7-2-8-16-22)28(32)23-17-9-3-10-18-23/h1-20,29H. The van der Waals surface area contributed by atoms with Crippen LogP contribution in [0.4, 0.5) is 4.39 Å². The summed E-state index contributed by atoms with van der Waals surface area (Å²) in [7, 11) is -4.59. The maximum Gasteiger partial charge on any atom is 0.231 e. The van der Waals surface area contributed by atoms with Gasteiger partial charge >= 0.3 is 0 Å². The second-order valence-electron chi connectivity index (χ2n) is 7.72. The zero-order valence-electron chi connectivity index (χ0n) is 18.5. The third-order valence-corrected chi connectivity index (χ3v) is 7.16. The molecule has 0 aromatic heterocycles. The molecule has 0 radical (unpaired) electrons. The molecule has 0 saturated heterocycles. The summed E-state index contributed by atoms with van der Waals surface area (Å²) in [5, 5.41) is 0. The molecular formula is C29H21FO4S. The zero-order valence-corrected chi connectivity index (χ0v) is 19.4. The first-order valence-corrected chi connectivity index (χ1v) is 12.4. The molecule has 1 unspecified atom stereocenters. The summed E-state index contributed by atoms with van der Waals surface area (Å²) in [4.78, 5) is 27.2. The second kappa shape index (κ2) is 10.4. The van der Waals surface area contributed by atoms with Crippen molar-refractivity contribution < 1.29 is 22.4 Å². The van der Waals surface area contributed by atoms with Gasteiger partial charge in [0.1, 0.15) is 0 Å². The third kappa shape index (κ3) is 5.03. The van der Waals surface area contributed by atoms with Crippen molar-refractivity contribution >= 4 is 27.0 Å². The van der Waals surface area contributed by atoms with E-state index in [-0.39, 0.29) is 21.6 Å². The van der Waals surface area contributed by atoms with Crippen molar-refractivity contribution in [1.29, 1.82) is 0 Å². The van der Waals surface area contributed by atoms with Crippen LogP contribution in [0.2, 0.25) is 0 Å². The fraction of sp³-hybridized carbons (Fsp3) is 0.0345. The Kier molecular flexibility index (Phi) is 7.13. The molecule has 4 nitrogen and oxygen atoms in total. The number of Topliss-reactive ketones (excluding diaryl/α,β-unsaturated/α-hetero) is 2. The minimum Gasteiger partial charge on any atom is -0.288 e. The Hall–Kier alpha value is -4.16. The monoisotopic (exact) mass is 484 g/mol. The molecule has 1 atom stereocenters. The molecule has 0 aliphatic rings. The van der Waals surface area contributed by atoms with E-state index in [4.69, 9.17) is 0 Å². The van der Waals surface area contributed by atoms with Gasteiger partial charge in [-0.15, -0.1) is 0 Å². The van der Waals surface area contributed by atoms with Crippen LogP contribution in [0.5, 0.6) is 0 Å². The number of ketones is 2. The van der Waals surface area contributed by atoms with Crippen molar-refractivity contribution in [2.45, 2.75) is 10.4 Å². The van der Waals surface area contributed by atoms with Gasteiger partial charge in [0.05, 0.1) is 10.5 Å². The predicted molar refractivity (Wildman–Crippen MR) is 133 cm³/mol. The van der Waals surface area contributed by atoms with Gasteiger partial charge in [0, 0.05) is 16.7 Å². The molecule has 0 aliphatic heterocycles. The van der Waals surface area contributed by atoms with Gasteiger partial charge in [0.15, 0.2) is 11.6 Å². The van der Waals surface area contributed by atoms with Crippen molar-refractivity contribution in [2.75, 3.05) is 0 Å². The Morgan fingerprint density at radius 1 is 0.543 bits per heavy atom. The van der Waals surface area contributed by atoms with Crippen LogP contribution in [0, 0.1) is 0 Å². The van der Waals surface area contributed by atoms with E-state index in [9.17, 15) is 18.0 Å². The molecule has 0 fully saturated rings. The fourth-order valence-electron chi connectivity index (χ4n) is 3.71. The largest absolute Gasteiger partial charge is 0.288 e. The number of carbonyl (C=O) groups is 2. The van der Waals surface area contributed by atoms with Gasteiger partial charge in [0.2, 0.25) is 15.3 Å². The number of carbonyl (C=O) groups excluding carboxylic acids is 2. The zero-order chi connectivity index (χ0) is 24.8. The molecular weight excluding hydrogens is 463 g/mol. The highest BCUT2D eigenvalue weighted by Gasteiger charge is 2.37. The van der Waals surface area contributed by atoms with Gasteiger partial charge in [-0.3, -0.25) is 9.59 Å². The maximum atomic E-state index is 16.3. The smallest absolute Gasteiger partial charge is 0.231 e. The Bertz CT molecular complexity index is 1410. The predicted octanol–water partition coefficient (Wildman–Crippen LogP) is 5.98. The highest BCUT2D eigenvalue weighted by atomic mass is 32.2. The van der Waals surface area contributed by atoms with E-state index in [0.717, 1.165) is 0 Å². The van der Waals surface area contributed by atoms with Crippen LogP contribution in [0.1, 0.15) is 26.3 Å². The second-order valence-corrected chi connectivity index (χ2v) is 9.69. The normalized spacial score (nSPS) is 11.9. The quantitative estimate of drug-likeness (QED) is 0.134. The number of allylic oxidation sites excluding steroid dienone is 1. The van der Waals surface area contributed by atoms with E-state index in [1.807, 2.05) is 0 Å². The van der Waals surface area contributed by atoms with Gasteiger partial charge in [-0.25, -0.2) is 12.8 Å². The number of sulfone groups is 1. The van der Waals surface area contributed by atoms with E-state index in [0.29, 0.717) is 0 Å². The van der Waals surface area contributed by atoms with Crippen molar-refractivity contribution in [3.63, 3.8) is 0 Å². The average molecular weight is 485 g/mol. The molecule has 6 heteroatoms. The highest BCUT2D eigenvalue weighted by molar-refractivity contribution is 7.92. The summed E-state index contributed by atoms with van der Waals surface area (Å²) in [6, 6.07) is 30.9. The maximum absolute atomic E-state index is 16.3. The number of hydrogen-bond donors (Lipinski definition) is 0. The van der Waals surface area contributed by atoms with Crippen molar-refractivity contribution in [1.82, 2.24) is 0 Å². The number of hydrogen-bond acceptors (Lipinski definition) is 4. The van der Waals surface area contributed by atoms with Crippen LogP contribution in [-0.4, -0.2) is 25.5 Å². The minimum absolute atomic E-state index is 0.128. The Morgan fingerprint density at radius 2 is 0.886 bits per heavy atom. The summed E-state index contributed by atoms with van der Waals surface area (Å²) in [5.74, 6) is -1.52. The van der Waals surface area contributed by atoms with E-state index in [2.05, 4.69) is 0 Å². The molecule has 4 aromatic rings. The molecule has 0 N–H and O–H groups in total. The Morgan fingerprint density at radius 3 is 1.29 bits per heavy atom. The van der Waals surface area contributed by atoms with Crippen molar-refractivity contribution in [3.8, 4) is 0 Å². The molecule has 35 heavy (non-hydrogen) atoms. The summed E-state index contributed by atoms with van der Waals surface area (Å²) < 4.78 is 42.9. The number of benzene rings is 4. The summed E-state index contributed by atoms with van der Waals surface area (Å²) >= 11 is 0. The summed E-state index contributed by atoms with van der Waals surface area (Å²) in [6.45, 7) is 0. The molecule has 4 aromatic carbocycles. The lowest BCUT2D eigenvalue weighted by Crippen LogP contribution is -2.25. The number of rotatable bonds is 8. The summed E-state index contributed by atoms with van der Waals surface area (Å²) in [6.07, 6.45) is 0. The van der Waals surface area contributed by atoms with Gasteiger partial charge in [0.25, 0.3) is 0 Å². The van der Waals surface area contributed by atoms with E-state index >= 15 is 4.39 Å². The Labute approximate surface area is 203 Å². The van der Waals surface area contributed by atoms with Crippen LogP contribution < -0.4 is 0 Å². The first kappa shape index (κ1) is 24.0. The average Bonchev–Trinajstić information content (AvgIpc) is 2.92. The van der Waals surface area contributed by atoms with Gasteiger partial charge in [-0.2, -0.15) is 0 Å². The van der Waals surface area contributed by atoms with E-state index in [1.54, 1.807) is 60.7 Å². The molecule has 174 valence electrons. The van der Waals surface area contributed by atoms with Crippen LogP contribution in [0.25, 0.3) is 5.57 Å². The minimum atomic E-state index is -4.59. The SMILES string of the molecule is O=C(C(C(=O)c1ccccc1)=C(c1ccccc1)C(F)S(=O)(=O)c1ccccc1)c1ccccc1. The molecule has 4 rings (SSSR count). The molecule has 0 aliphatic carbocycles. The lowest BCUT2D eigenvalue weighted by molar-refractivity contribution is 0.0963. The van der Waals surface area contributed by atoms with Crippen molar-refractivity contribution in [2.24, 2.45) is 0 Å². The van der Waals surface area contributed by atoms with E-state index in [1.165, 1.54) is 60.7 Å². The van der Waals surface area contributed by atoms with Crippen LogP contribution >= 0.6 is 0 Å². The van der Waals surface area contributed by atoms with Crippen LogP contribution in [-0.2, 0) is 9.84 Å². The van der Waals surface area contributed by atoms with Gasteiger partial charge < -0.3 is 0 Å². The molecule has 0 heterocycles. The highest BCUT2D eigenvalue weighted by Crippen LogP contribution is 2.34. The van der Waals surface area contributed by atoms with Gasteiger partial charge in [-0.05, 0) is 17.7 Å². The first-order valence-electron chi connectivity index (χ1n) is 10.8. The first-order chi connectivity index (χ1) is 16.9. The van der Waals surface area contributed by atoms with E-state index < -0.39 is 38.1 Å². The lowest BCUT2D eigenvalue weighted by atomic mass is 9.89. The van der Waals surface area contributed by atoms with Crippen LogP contribution in [0.3, 0.4) is 0 Å². The van der Waals surface area contributed by atoms with Crippen molar-refractivity contribution in [3.05, 3.63) is 144 Å². The molecule has 0 amide bonds. The molecule has 0 bridgehead atoms. The molecule has 0 saturated carbocycles. The number of halogens is 1. The van der Waals surface area contributed by atoms with Crippen LogP contribution in [0.15, 0.2) is 132 Å². The topological polar surface area (TPSA) is 68.3 Å². The fourth-order valence-corrected chi connectivity index (χ4v) is 5.05. The number of alkyl halides is 1. The third-order valence-electron chi connectivity index (χ3n) is 5.45. The lowest BCUT2D eigenvalue weighted by Gasteiger charge is -2.19.